The molecule has 1 nitrogen and oxygen atoms in total. The maximum atomic E-state index is 3.42. The van der Waals surface area contributed by atoms with Gasteiger partial charge in [0.05, 0.1) is 6.04 Å². The van der Waals surface area contributed by atoms with Gasteiger partial charge in [0.2, 0.25) is 0 Å². The average molecular weight is 207 g/mol. The van der Waals surface area contributed by atoms with Crippen LogP contribution in [-0.2, 0) is 0 Å². The summed E-state index contributed by atoms with van der Waals surface area (Å²) in [5.74, 6) is 0. The lowest BCUT2D eigenvalue weighted by Gasteiger charge is -2.15. The van der Waals surface area contributed by atoms with Crippen LogP contribution in [0.1, 0.15) is 35.1 Å². The summed E-state index contributed by atoms with van der Waals surface area (Å²) in [4.78, 5) is 2.86. The van der Waals surface area contributed by atoms with Crippen molar-refractivity contribution in [2.75, 3.05) is 7.05 Å². The minimum Gasteiger partial charge on any atom is -0.309 e. The molecule has 2 rings (SSSR count). The van der Waals surface area contributed by atoms with Crippen LogP contribution in [0.15, 0.2) is 23.8 Å². The molecule has 0 amide bonds. The molecule has 0 aliphatic heterocycles. The quantitative estimate of drug-likeness (QED) is 0.749. The van der Waals surface area contributed by atoms with Crippen molar-refractivity contribution in [3.63, 3.8) is 0 Å². The fourth-order valence-electron chi connectivity index (χ4n) is 2.08. The number of likely N-dealkylation sites (N-methyl/N-ethyl adjacent to an activating group) is 1. The van der Waals surface area contributed by atoms with Crippen molar-refractivity contribution in [2.24, 2.45) is 0 Å². The molecule has 0 aromatic carbocycles. The summed E-state index contributed by atoms with van der Waals surface area (Å²) in [6.45, 7) is 2.17. The first-order chi connectivity index (χ1) is 6.81. The number of hydrogen-bond acceptors (Lipinski definition) is 2. The number of hydrogen-bond donors (Lipinski definition) is 1. The zero-order valence-corrected chi connectivity index (χ0v) is 9.66. The van der Waals surface area contributed by atoms with Gasteiger partial charge >= 0.3 is 0 Å². The summed E-state index contributed by atoms with van der Waals surface area (Å²) in [6, 6.07) is 4.93. The third-order valence-corrected chi connectivity index (χ3v) is 3.85. The predicted octanol–water partition coefficient (Wildman–Crippen LogP) is 3.43. The summed E-state index contributed by atoms with van der Waals surface area (Å²) >= 11 is 1.90. The normalized spacial score (nSPS) is 18.3. The Balaban J connectivity index is 2.20. The standard InChI is InChI=1S/C12H17NS/c1-9-7-8-11(14-9)12(13-2)10-5-3-4-6-10/h5,7-8,12-13H,3-4,6H2,1-2H3. The molecule has 1 aliphatic carbocycles. The fourth-order valence-corrected chi connectivity index (χ4v) is 3.11. The zero-order chi connectivity index (χ0) is 9.97. The molecular formula is C12H17NS. The Morgan fingerprint density at radius 2 is 2.29 bits per heavy atom. The number of rotatable bonds is 3. The van der Waals surface area contributed by atoms with Gasteiger partial charge in [0.15, 0.2) is 0 Å². The van der Waals surface area contributed by atoms with Gasteiger partial charge in [0, 0.05) is 9.75 Å². The highest BCUT2D eigenvalue weighted by Gasteiger charge is 2.18. The maximum absolute atomic E-state index is 3.42. The number of nitrogens with one attached hydrogen (secondary N) is 1. The molecule has 0 bridgehead atoms. The van der Waals surface area contributed by atoms with Crippen LogP contribution >= 0.6 is 11.3 Å². The molecule has 0 spiro atoms. The topological polar surface area (TPSA) is 12.0 Å². The van der Waals surface area contributed by atoms with Crippen molar-refractivity contribution < 1.29 is 0 Å². The molecule has 0 saturated heterocycles. The molecule has 1 aromatic rings. The van der Waals surface area contributed by atoms with Crippen LogP contribution in [0, 0.1) is 6.92 Å². The smallest absolute Gasteiger partial charge is 0.0628 e. The molecule has 0 radical (unpaired) electrons. The molecule has 1 atom stereocenters. The lowest BCUT2D eigenvalue weighted by molar-refractivity contribution is 0.666. The van der Waals surface area contributed by atoms with E-state index in [9.17, 15) is 0 Å². The number of thiophene rings is 1. The molecule has 76 valence electrons. The highest BCUT2D eigenvalue weighted by atomic mass is 32.1. The second-order valence-electron chi connectivity index (χ2n) is 3.84. The van der Waals surface area contributed by atoms with E-state index in [1.165, 1.54) is 29.0 Å². The molecule has 1 N–H and O–H groups in total. The molecule has 14 heavy (non-hydrogen) atoms. The van der Waals surface area contributed by atoms with Crippen LogP contribution in [0.5, 0.6) is 0 Å². The lowest BCUT2D eigenvalue weighted by Crippen LogP contribution is -2.16. The molecule has 0 fully saturated rings. The highest BCUT2D eigenvalue weighted by molar-refractivity contribution is 7.12. The molecular weight excluding hydrogens is 190 g/mol. The van der Waals surface area contributed by atoms with E-state index in [0.717, 1.165) is 0 Å². The van der Waals surface area contributed by atoms with Gasteiger partial charge in [-0.3, -0.25) is 0 Å². The van der Waals surface area contributed by atoms with Crippen molar-refractivity contribution in [3.8, 4) is 0 Å². The second-order valence-corrected chi connectivity index (χ2v) is 5.16. The van der Waals surface area contributed by atoms with Crippen LogP contribution < -0.4 is 5.32 Å². The molecule has 1 unspecified atom stereocenters. The van der Waals surface area contributed by atoms with E-state index in [0.29, 0.717) is 6.04 Å². The zero-order valence-electron chi connectivity index (χ0n) is 8.84. The Morgan fingerprint density at radius 1 is 1.43 bits per heavy atom. The summed E-state index contributed by atoms with van der Waals surface area (Å²) in [6.07, 6.45) is 6.26. The Bertz CT molecular complexity index is 338. The van der Waals surface area contributed by atoms with Crippen LogP contribution in [0.3, 0.4) is 0 Å². The van der Waals surface area contributed by atoms with Gasteiger partial charge in [-0.2, -0.15) is 0 Å². The van der Waals surface area contributed by atoms with E-state index in [-0.39, 0.29) is 0 Å². The minimum absolute atomic E-state index is 0.469. The van der Waals surface area contributed by atoms with E-state index in [1.54, 1.807) is 5.57 Å². The van der Waals surface area contributed by atoms with Crippen LogP contribution in [-0.4, -0.2) is 7.05 Å². The average Bonchev–Trinajstić information content (AvgIpc) is 2.79. The summed E-state index contributed by atoms with van der Waals surface area (Å²) < 4.78 is 0. The van der Waals surface area contributed by atoms with Crippen molar-refractivity contribution in [3.05, 3.63) is 33.5 Å². The van der Waals surface area contributed by atoms with E-state index < -0.39 is 0 Å². The van der Waals surface area contributed by atoms with Crippen LogP contribution in [0.2, 0.25) is 0 Å². The first-order valence-electron chi connectivity index (χ1n) is 5.24. The predicted molar refractivity (Wildman–Crippen MR) is 62.8 cm³/mol. The van der Waals surface area contributed by atoms with Crippen molar-refractivity contribution >= 4 is 11.3 Å². The van der Waals surface area contributed by atoms with Crippen molar-refractivity contribution in [1.82, 2.24) is 5.32 Å². The van der Waals surface area contributed by atoms with Gasteiger partial charge in [0.25, 0.3) is 0 Å². The van der Waals surface area contributed by atoms with Crippen LogP contribution in [0.25, 0.3) is 0 Å². The largest absolute Gasteiger partial charge is 0.309 e. The van der Waals surface area contributed by atoms with Gasteiger partial charge in [-0.25, -0.2) is 0 Å². The summed E-state index contributed by atoms with van der Waals surface area (Å²) in [5.41, 5.74) is 1.58. The lowest BCUT2D eigenvalue weighted by atomic mass is 10.1. The number of aryl methyl sites for hydroxylation is 1. The SMILES string of the molecule is CNC(C1=CCCC1)c1ccc(C)s1. The third kappa shape index (κ3) is 1.91. The Labute approximate surface area is 89.8 Å². The molecule has 1 heterocycles. The first-order valence-corrected chi connectivity index (χ1v) is 6.05. The van der Waals surface area contributed by atoms with Gasteiger partial charge in [-0.15, -0.1) is 11.3 Å². The van der Waals surface area contributed by atoms with E-state index in [1.807, 2.05) is 11.3 Å². The Hall–Kier alpha value is -0.600. The highest BCUT2D eigenvalue weighted by Crippen LogP contribution is 2.33. The minimum atomic E-state index is 0.469. The first kappa shape index (κ1) is 9.94. The van der Waals surface area contributed by atoms with Gasteiger partial charge in [0.1, 0.15) is 0 Å². The third-order valence-electron chi connectivity index (χ3n) is 2.78. The van der Waals surface area contributed by atoms with Crippen LogP contribution in [0.4, 0.5) is 0 Å². The summed E-state index contributed by atoms with van der Waals surface area (Å²) in [5, 5.41) is 3.42. The molecule has 0 saturated carbocycles. The Kier molecular flexibility index (Phi) is 3.04. The number of allylic oxidation sites excluding steroid dienone is 1. The molecule has 1 aromatic heterocycles. The van der Waals surface area contributed by atoms with E-state index >= 15 is 0 Å². The van der Waals surface area contributed by atoms with E-state index in [2.05, 4.69) is 37.5 Å². The monoisotopic (exact) mass is 207 g/mol. The van der Waals surface area contributed by atoms with Crippen molar-refractivity contribution in [1.29, 1.82) is 0 Å². The van der Waals surface area contributed by atoms with E-state index in [4.69, 9.17) is 0 Å². The summed E-state index contributed by atoms with van der Waals surface area (Å²) in [7, 11) is 2.05. The van der Waals surface area contributed by atoms with Gasteiger partial charge < -0.3 is 5.32 Å². The fraction of sp³-hybridized carbons (Fsp3) is 0.500. The van der Waals surface area contributed by atoms with Gasteiger partial charge in [-0.05, 0) is 45.4 Å². The maximum Gasteiger partial charge on any atom is 0.0628 e. The molecule has 2 heteroatoms. The Morgan fingerprint density at radius 3 is 2.79 bits per heavy atom. The van der Waals surface area contributed by atoms with Gasteiger partial charge in [-0.1, -0.05) is 11.6 Å². The molecule has 1 aliphatic rings. The van der Waals surface area contributed by atoms with Crippen molar-refractivity contribution in [2.45, 2.75) is 32.2 Å². The second kappa shape index (κ2) is 4.28.